The van der Waals surface area contributed by atoms with E-state index in [1.165, 1.54) is 6.92 Å². The second-order valence-electron chi connectivity index (χ2n) is 2.68. The van der Waals surface area contributed by atoms with Crippen molar-refractivity contribution in [1.82, 2.24) is 0 Å². The summed E-state index contributed by atoms with van der Waals surface area (Å²) in [6, 6.07) is 7.01. The largest absolute Gasteiger partial charge is 0.245 e. The van der Waals surface area contributed by atoms with Gasteiger partial charge in [-0.15, -0.1) is 0 Å². The predicted octanol–water partition coefficient (Wildman–Crippen LogP) is 3.82. The second-order valence-corrected chi connectivity index (χ2v) is 3.59. The highest BCUT2D eigenvalue weighted by Crippen LogP contribution is 2.24. The van der Waals surface area contributed by atoms with Gasteiger partial charge in [-0.2, -0.15) is 0 Å². The molecule has 0 aliphatic carbocycles. The fourth-order valence-electron chi connectivity index (χ4n) is 0.935. The smallest absolute Gasteiger partial charge is 0.210 e. The molecule has 0 radical (unpaired) electrons. The van der Waals surface area contributed by atoms with Gasteiger partial charge >= 0.3 is 0 Å². The van der Waals surface area contributed by atoms with E-state index >= 15 is 0 Å². The molecule has 0 amide bonds. The number of hydrogen-bond acceptors (Lipinski definition) is 0. The van der Waals surface area contributed by atoms with Gasteiger partial charge in [-0.05, 0) is 17.7 Å². The molecule has 0 saturated carbocycles. The summed E-state index contributed by atoms with van der Waals surface area (Å²) in [5, 5.41) is 0. The van der Waals surface area contributed by atoms with Gasteiger partial charge in [-0.1, -0.05) is 35.0 Å². The van der Waals surface area contributed by atoms with E-state index in [2.05, 4.69) is 15.9 Å². The van der Waals surface area contributed by atoms with Crippen LogP contribution in [0.2, 0.25) is 0 Å². The van der Waals surface area contributed by atoms with Crippen molar-refractivity contribution in [2.24, 2.45) is 0 Å². The van der Waals surface area contributed by atoms with Gasteiger partial charge in [0.15, 0.2) is 0 Å². The molecule has 3 heteroatoms. The maximum absolute atomic E-state index is 12.2. The molecule has 66 valence electrons. The molecule has 0 nitrogen and oxygen atoms in total. The average Bonchev–Trinajstić information content (AvgIpc) is 2.03. The normalized spacial score (nSPS) is 13.4. The zero-order valence-electron chi connectivity index (χ0n) is 6.60. The van der Waals surface area contributed by atoms with Crippen molar-refractivity contribution < 1.29 is 8.78 Å². The van der Waals surface area contributed by atoms with Gasteiger partial charge in [0, 0.05) is 10.4 Å². The molecule has 0 unspecified atom stereocenters. The molecule has 1 aromatic carbocycles. The summed E-state index contributed by atoms with van der Waals surface area (Å²) in [6.45, 7) is 1.52. The molecule has 1 atom stereocenters. The van der Waals surface area contributed by atoms with E-state index in [1.807, 2.05) is 6.07 Å². The van der Waals surface area contributed by atoms with Crippen molar-refractivity contribution in [1.29, 1.82) is 0 Å². The number of halogens is 3. The van der Waals surface area contributed by atoms with E-state index in [9.17, 15) is 8.78 Å². The van der Waals surface area contributed by atoms with Gasteiger partial charge in [0.25, 0.3) is 0 Å². The minimum atomic E-state index is -2.29. The Hall–Kier alpha value is -0.440. The Morgan fingerprint density at radius 1 is 1.33 bits per heavy atom. The van der Waals surface area contributed by atoms with Gasteiger partial charge in [0.2, 0.25) is 6.43 Å². The predicted molar refractivity (Wildman–Crippen MR) is 48.6 cm³/mol. The maximum Gasteiger partial charge on any atom is 0.245 e. The summed E-state index contributed by atoms with van der Waals surface area (Å²) >= 11 is 3.23. The lowest BCUT2D eigenvalue weighted by molar-refractivity contribution is 0.121. The molecule has 0 heterocycles. The Kier molecular flexibility index (Phi) is 3.20. The lowest BCUT2D eigenvalue weighted by Crippen LogP contribution is -2.04. The summed E-state index contributed by atoms with van der Waals surface area (Å²) in [5.41, 5.74) is 0.666. The summed E-state index contributed by atoms with van der Waals surface area (Å²) < 4.78 is 25.3. The van der Waals surface area contributed by atoms with Crippen LogP contribution in [0.25, 0.3) is 0 Å². The molecule has 0 aromatic heterocycles. The molecule has 0 aliphatic heterocycles. The zero-order chi connectivity index (χ0) is 9.14. The fourth-order valence-corrected chi connectivity index (χ4v) is 1.35. The summed E-state index contributed by atoms with van der Waals surface area (Å²) in [6.07, 6.45) is -2.29. The van der Waals surface area contributed by atoms with Crippen LogP contribution in [0.4, 0.5) is 8.78 Å². The Morgan fingerprint density at radius 2 is 2.00 bits per heavy atom. The molecule has 0 aliphatic rings. The number of hydrogen-bond donors (Lipinski definition) is 0. The SMILES string of the molecule is C[C@@H](c1cccc(Br)c1)C(F)F. The highest BCUT2D eigenvalue weighted by molar-refractivity contribution is 9.10. The van der Waals surface area contributed by atoms with Gasteiger partial charge in [0.1, 0.15) is 0 Å². The minimum absolute atomic E-state index is 0.666. The quantitative estimate of drug-likeness (QED) is 0.730. The second kappa shape index (κ2) is 3.99. The molecular weight excluding hydrogens is 226 g/mol. The van der Waals surface area contributed by atoms with Crippen LogP contribution in [-0.4, -0.2) is 6.43 Å². The molecule has 0 saturated heterocycles. The van der Waals surface area contributed by atoms with E-state index in [-0.39, 0.29) is 0 Å². The van der Waals surface area contributed by atoms with E-state index in [0.29, 0.717) is 5.56 Å². The van der Waals surface area contributed by atoms with Crippen molar-refractivity contribution in [2.75, 3.05) is 0 Å². The zero-order valence-corrected chi connectivity index (χ0v) is 8.18. The van der Waals surface area contributed by atoms with Crippen LogP contribution in [0.1, 0.15) is 18.4 Å². The van der Waals surface area contributed by atoms with Gasteiger partial charge in [0.05, 0.1) is 0 Å². The molecular formula is C9H9BrF2. The third-order valence-electron chi connectivity index (χ3n) is 1.75. The Bertz CT molecular complexity index is 260. The Labute approximate surface area is 78.7 Å². The topological polar surface area (TPSA) is 0 Å². The van der Waals surface area contributed by atoms with Crippen LogP contribution >= 0.6 is 15.9 Å². The first kappa shape index (κ1) is 9.65. The van der Waals surface area contributed by atoms with E-state index < -0.39 is 12.3 Å². The van der Waals surface area contributed by atoms with E-state index in [0.717, 1.165) is 4.47 Å². The van der Waals surface area contributed by atoms with Crippen LogP contribution in [0, 0.1) is 0 Å². The first-order valence-electron chi connectivity index (χ1n) is 3.65. The Balaban J connectivity index is 2.88. The summed E-state index contributed by atoms with van der Waals surface area (Å²) in [4.78, 5) is 0. The minimum Gasteiger partial charge on any atom is -0.210 e. The lowest BCUT2D eigenvalue weighted by atomic mass is 10.0. The van der Waals surface area contributed by atoms with E-state index in [4.69, 9.17) is 0 Å². The van der Waals surface area contributed by atoms with E-state index in [1.54, 1.807) is 18.2 Å². The molecule has 0 fully saturated rings. The van der Waals surface area contributed by atoms with Crippen molar-refractivity contribution in [2.45, 2.75) is 19.3 Å². The highest BCUT2D eigenvalue weighted by Gasteiger charge is 2.16. The van der Waals surface area contributed by atoms with Gasteiger partial charge in [-0.25, -0.2) is 8.78 Å². The number of alkyl halides is 2. The van der Waals surface area contributed by atoms with Crippen molar-refractivity contribution >= 4 is 15.9 Å². The third-order valence-corrected chi connectivity index (χ3v) is 2.25. The average molecular weight is 235 g/mol. The molecule has 0 N–H and O–H groups in total. The molecule has 1 rings (SSSR count). The van der Waals surface area contributed by atoms with Crippen molar-refractivity contribution in [3.63, 3.8) is 0 Å². The van der Waals surface area contributed by atoms with Crippen LogP contribution in [-0.2, 0) is 0 Å². The standard InChI is InChI=1S/C9H9BrF2/c1-6(9(11)12)7-3-2-4-8(10)5-7/h2-6,9H,1H3/t6-/m0/s1. The van der Waals surface area contributed by atoms with Gasteiger partial charge < -0.3 is 0 Å². The molecule has 0 spiro atoms. The van der Waals surface area contributed by atoms with Crippen LogP contribution < -0.4 is 0 Å². The first-order valence-corrected chi connectivity index (χ1v) is 4.44. The third kappa shape index (κ3) is 2.27. The fraction of sp³-hybridized carbons (Fsp3) is 0.333. The molecule has 12 heavy (non-hydrogen) atoms. The van der Waals surface area contributed by atoms with Crippen molar-refractivity contribution in [3.8, 4) is 0 Å². The van der Waals surface area contributed by atoms with Gasteiger partial charge in [-0.3, -0.25) is 0 Å². The molecule has 0 bridgehead atoms. The number of rotatable bonds is 2. The van der Waals surface area contributed by atoms with Crippen LogP contribution in [0.15, 0.2) is 28.7 Å². The van der Waals surface area contributed by atoms with Crippen LogP contribution in [0.3, 0.4) is 0 Å². The monoisotopic (exact) mass is 234 g/mol. The van der Waals surface area contributed by atoms with Crippen molar-refractivity contribution in [3.05, 3.63) is 34.3 Å². The van der Waals surface area contributed by atoms with Crippen LogP contribution in [0.5, 0.6) is 0 Å². The summed E-state index contributed by atoms with van der Waals surface area (Å²) in [5.74, 6) is -0.692. The molecule has 1 aromatic rings. The maximum atomic E-state index is 12.2. The summed E-state index contributed by atoms with van der Waals surface area (Å²) in [7, 11) is 0. The Morgan fingerprint density at radius 3 is 2.50 bits per heavy atom. The number of benzene rings is 1. The lowest BCUT2D eigenvalue weighted by Gasteiger charge is -2.10. The highest BCUT2D eigenvalue weighted by atomic mass is 79.9. The first-order chi connectivity index (χ1) is 5.61.